The fraction of sp³-hybridized carbons (Fsp3) is 0.211. The van der Waals surface area contributed by atoms with Crippen LogP contribution in [0.2, 0.25) is 0 Å². The predicted octanol–water partition coefficient (Wildman–Crippen LogP) is 3.08. The van der Waals surface area contributed by atoms with Crippen molar-refractivity contribution in [2.75, 3.05) is 14.2 Å². The summed E-state index contributed by atoms with van der Waals surface area (Å²) < 4.78 is 15.4. The Morgan fingerprint density at radius 1 is 1.12 bits per heavy atom. The molecule has 26 heavy (non-hydrogen) atoms. The molecule has 7 heteroatoms. The Bertz CT molecular complexity index is 813. The Balaban J connectivity index is 2.29. The van der Waals surface area contributed by atoms with E-state index in [0.29, 0.717) is 28.3 Å². The summed E-state index contributed by atoms with van der Waals surface area (Å²) in [6, 6.07) is 11.7. The van der Waals surface area contributed by atoms with Gasteiger partial charge in [0.1, 0.15) is 0 Å². The molecule has 0 aliphatic carbocycles. The molecule has 0 aromatic heterocycles. The highest BCUT2D eigenvalue weighted by molar-refractivity contribution is 5.90. The predicted molar refractivity (Wildman–Crippen MR) is 95.8 cm³/mol. The lowest BCUT2D eigenvalue weighted by Crippen LogP contribution is -2.23. The van der Waals surface area contributed by atoms with Crippen LogP contribution in [0, 0.1) is 0 Å². The third-order valence-corrected chi connectivity index (χ3v) is 3.51. The van der Waals surface area contributed by atoms with Gasteiger partial charge in [0.05, 0.1) is 25.5 Å². The zero-order valence-electron chi connectivity index (χ0n) is 14.6. The van der Waals surface area contributed by atoms with Crippen molar-refractivity contribution in [1.29, 1.82) is 0 Å². The number of carboxylic acid groups (broad SMARTS) is 1. The largest absolute Gasteiger partial charge is 0.493 e. The fourth-order valence-corrected chi connectivity index (χ4v) is 2.09. The summed E-state index contributed by atoms with van der Waals surface area (Å²) in [5.74, 6) is -0.813. The number of hydrogen-bond acceptors (Lipinski definition) is 6. The van der Waals surface area contributed by atoms with Crippen molar-refractivity contribution in [3.05, 3.63) is 53.6 Å². The number of aliphatic imine (C=N–C) groups is 1. The van der Waals surface area contributed by atoms with E-state index in [2.05, 4.69) is 9.73 Å². The molecule has 0 bridgehead atoms. The Morgan fingerprint density at radius 3 is 2.38 bits per heavy atom. The molecule has 7 nitrogen and oxygen atoms in total. The molecule has 0 radical (unpaired) electrons. The summed E-state index contributed by atoms with van der Waals surface area (Å²) in [5, 5.41) is 9.06. The molecule has 1 N–H and O–H groups in total. The van der Waals surface area contributed by atoms with Gasteiger partial charge in [0, 0.05) is 11.8 Å². The van der Waals surface area contributed by atoms with Gasteiger partial charge in [-0.1, -0.05) is 6.07 Å². The molecule has 0 unspecified atom stereocenters. The Kier molecular flexibility index (Phi) is 6.32. The standard InChI is InChI=1S/C19H19NO6/c1-12(18(21)22)26-17-14(5-4-6-16(17)24-2)11-20-15-9-7-13(8-10-15)19(23)25-3/h4-12H,1-3H3,(H,21,22)/t12-/m0/s1. The highest BCUT2D eigenvalue weighted by atomic mass is 16.5. The minimum atomic E-state index is -1.09. The van der Waals surface area contributed by atoms with Crippen molar-refractivity contribution in [2.24, 2.45) is 4.99 Å². The average molecular weight is 357 g/mol. The molecular weight excluding hydrogens is 338 g/mol. The fourth-order valence-electron chi connectivity index (χ4n) is 2.09. The number of ether oxygens (including phenoxy) is 3. The first kappa shape index (κ1) is 19.0. The van der Waals surface area contributed by atoms with Gasteiger partial charge in [-0.15, -0.1) is 0 Å². The maximum absolute atomic E-state index is 11.4. The molecule has 1 atom stereocenters. The molecule has 0 heterocycles. The van der Waals surface area contributed by atoms with E-state index in [1.807, 2.05) is 0 Å². The number of para-hydroxylation sites is 1. The number of carboxylic acids is 1. The third kappa shape index (κ3) is 4.60. The van der Waals surface area contributed by atoms with E-state index in [-0.39, 0.29) is 0 Å². The maximum Gasteiger partial charge on any atom is 0.344 e. The van der Waals surface area contributed by atoms with E-state index in [0.717, 1.165) is 0 Å². The second kappa shape index (κ2) is 8.66. The van der Waals surface area contributed by atoms with Crippen LogP contribution in [0.3, 0.4) is 0 Å². The summed E-state index contributed by atoms with van der Waals surface area (Å²) in [7, 11) is 2.79. The second-order valence-electron chi connectivity index (χ2n) is 5.27. The molecule has 0 fully saturated rings. The highest BCUT2D eigenvalue weighted by Crippen LogP contribution is 2.31. The maximum atomic E-state index is 11.4. The molecule has 0 saturated heterocycles. The SMILES string of the molecule is COC(=O)c1ccc(N=Cc2cccc(OC)c2O[C@@H](C)C(=O)O)cc1. The van der Waals surface area contributed by atoms with Crippen LogP contribution in [-0.4, -0.2) is 43.6 Å². The minimum absolute atomic E-state index is 0.292. The van der Waals surface area contributed by atoms with Crippen LogP contribution >= 0.6 is 0 Å². The zero-order chi connectivity index (χ0) is 19.1. The van der Waals surface area contributed by atoms with Gasteiger partial charge < -0.3 is 19.3 Å². The molecular formula is C19H19NO6. The van der Waals surface area contributed by atoms with Crippen molar-refractivity contribution in [3.8, 4) is 11.5 Å². The minimum Gasteiger partial charge on any atom is -0.493 e. The molecule has 0 amide bonds. The lowest BCUT2D eigenvalue weighted by atomic mass is 10.2. The first-order chi connectivity index (χ1) is 12.5. The quantitative estimate of drug-likeness (QED) is 0.604. The molecule has 0 aliphatic rings. The second-order valence-corrected chi connectivity index (χ2v) is 5.27. The van der Waals surface area contributed by atoms with Crippen molar-refractivity contribution in [1.82, 2.24) is 0 Å². The summed E-state index contributed by atoms with van der Waals surface area (Å²) in [4.78, 5) is 26.8. The number of nitrogens with zero attached hydrogens (tertiary/aromatic N) is 1. The zero-order valence-corrected chi connectivity index (χ0v) is 14.6. The number of carbonyl (C=O) groups excluding carboxylic acids is 1. The normalized spacial score (nSPS) is 11.8. The van der Waals surface area contributed by atoms with E-state index < -0.39 is 18.0 Å². The van der Waals surface area contributed by atoms with Crippen LogP contribution in [-0.2, 0) is 9.53 Å². The topological polar surface area (TPSA) is 94.4 Å². The Labute approximate surface area is 150 Å². The molecule has 2 aromatic carbocycles. The van der Waals surface area contributed by atoms with Gasteiger partial charge in [-0.2, -0.15) is 0 Å². The number of rotatable bonds is 7. The van der Waals surface area contributed by atoms with Crippen LogP contribution < -0.4 is 9.47 Å². The van der Waals surface area contributed by atoms with Crippen molar-refractivity contribution < 1.29 is 28.9 Å². The number of benzene rings is 2. The van der Waals surface area contributed by atoms with Gasteiger partial charge in [0.15, 0.2) is 17.6 Å². The summed E-state index contributed by atoms with van der Waals surface area (Å²) >= 11 is 0. The molecule has 136 valence electrons. The Hall–Kier alpha value is -3.35. The van der Waals surface area contributed by atoms with E-state index in [9.17, 15) is 9.59 Å². The molecule has 0 aliphatic heterocycles. The molecule has 0 spiro atoms. The molecule has 2 rings (SSSR count). The number of hydrogen-bond donors (Lipinski definition) is 1. The van der Waals surface area contributed by atoms with Crippen molar-refractivity contribution >= 4 is 23.8 Å². The first-order valence-electron chi connectivity index (χ1n) is 7.75. The van der Waals surface area contributed by atoms with Crippen LogP contribution in [0.1, 0.15) is 22.8 Å². The van der Waals surface area contributed by atoms with Crippen molar-refractivity contribution in [3.63, 3.8) is 0 Å². The number of methoxy groups -OCH3 is 2. The summed E-state index contributed by atoms with van der Waals surface area (Å²) in [6.45, 7) is 1.43. The third-order valence-electron chi connectivity index (χ3n) is 3.51. The van der Waals surface area contributed by atoms with Gasteiger partial charge in [-0.05, 0) is 43.3 Å². The highest BCUT2D eigenvalue weighted by Gasteiger charge is 2.17. The lowest BCUT2D eigenvalue weighted by Gasteiger charge is -2.15. The molecule has 2 aromatic rings. The van der Waals surface area contributed by atoms with E-state index >= 15 is 0 Å². The summed E-state index contributed by atoms with van der Waals surface area (Å²) in [6.07, 6.45) is 0.498. The first-order valence-corrected chi connectivity index (χ1v) is 7.75. The summed E-state index contributed by atoms with van der Waals surface area (Å²) in [5.41, 5.74) is 1.60. The van der Waals surface area contributed by atoms with E-state index in [1.54, 1.807) is 48.7 Å². The smallest absolute Gasteiger partial charge is 0.344 e. The number of carbonyl (C=O) groups is 2. The van der Waals surface area contributed by atoms with Gasteiger partial charge in [0.2, 0.25) is 0 Å². The number of esters is 1. The van der Waals surface area contributed by atoms with Crippen LogP contribution in [0.5, 0.6) is 11.5 Å². The van der Waals surface area contributed by atoms with Gasteiger partial charge in [-0.25, -0.2) is 9.59 Å². The van der Waals surface area contributed by atoms with Crippen molar-refractivity contribution in [2.45, 2.75) is 13.0 Å². The van der Waals surface area contributed by atoms with Gasteiger partial charge in [-0.3, -0.25) is 4.99 Å². The lowest BCUT2D eigenvalue weighted by molar-refractivity contribution is -0.144. The average Bonchev–Trinajstić information content (AvgIpc) is 2.66. The van der Waals surface area contributed by atoms with E-state index in [4.69, 9.17) is 14.6 Å². The van der Waals surface area contributed by atoms with Crippen LogP contribution in [0.25, 0.3) is 0 Å². The van der Waals surface area contributed by atoms with Crippen LogP contribution in [0.4, 0.5) is 5.69 Å². The molecule has 0 saturated carbocycles. The van der Waals surface area contributed by atoms with Crippen LogP contribution in [0.15, 0.2) is 47.5 Å². The number of aliphatic carboxylic acids is 1. The van der Waals surface area contributed by atoms with Gasteiger partial charge in [0.25, 0.3) is 0 Å². The monoisotopic (exact) mass is 357 g/mol. The van der Waals surface area contributed by atoms with Gasteiger partial charge >= 0.3 is 11.9 Å². The Morgan fingerprint density at radius 2 is 1.81 bits per heavy atom. The van der Waals surface area contributed by atoms with E-state index in [1.165, 1.54) is 21.1 Å².